The third kappa shape index (κ3) is 5.02. The van der Waals surface area contributed by atoms with E-state index < -0.39 is 0 Å². The molecular formula is C29H27N3O3S. The summed E-state index contributed by atoms with van der Waals surface area (Å²) in [5.41, 5.74) is 3.90. The van der Waals surface area contributed by atoms with Gasteiger partial charge in [-0.1, -0.05) is 36.4 Å². The predicted octanol–water partition coefficient (Wildman–Crippen LogP) is 6.42. The number of carbonyl (C=O) groups is 1. The number of nitrogens with zero attached hydrogens (tertiary/aromatic N) is 2. The predicted molar refractivity (Wildman–Crippen MR) is 147 cm³/mol. The highest BCUT2D eigenvalue weighted by Gasteiger charge is 2.33. The number of ether oxygens (including phenoxy) is 2. The highest BCUT2D eigenvalue weighted by molar-refractivity contribution is 8.18. The molecule has 2 heterocycles. The fraction of sp³-hybridized carbons (Fsp3) is 0.172. The Morgan fingerprint density at radius 3 is 2.61 bits per heavy atom. The van der Waals surface area contributed by atoms with Crippen LogP contribution in [0.5, 0.6) is 11.5 Å². The number of rotatable bonds is 8. The summed E-state index contributed by atoms with van der Waals surface area (Å²) in [6.07, 6.45) is 4.63. The third-order valence-electron chi connectivity index (χ3n) is 5.97. The van der Waals surface area contributed by atoms with Gasteiger partial charge < -0.3 is 14.5 Å². The molecule has 3 aromatic carbocycles. The van der Waals surface area contributed by atoms with Crippen molar-refractivity contribution in [3.05, 3.63) is 95.0 Å². The fourth-order valence-electron chi connectivity index (χ4n) is 4.15. The molecule has 0 atom stereocenters. The summed E-state index contributed by atoms with van der Waals surface area (Å²) in [5.74, 6) is 1.46. The second-order valence-corrected chi connectivity index (χ2v) is 9.25. The van der Waals surface area contributed by atoms with Crippen LogP contribution >= 0.6 is 11.8 Å². The van der Waals surface area contributed by atoms with Gasteiger partial charge in [-0.2, -0.15) is 0 Å². The number of thioether (sulfide) groups is 1. The Kier molecular flexibility index (Phi) is 7.09. The summed E-state index contributed by atoms with van der Waals surface area (Å²) in [4.78, 5) is 24.1. The maximum atomic E-state index is 13.6. The molecule has 1 N–H and O–H groups in total. The lowest BCUT2D eigenvalue weighted by Gasteiger charge is -2.15. The lowest BCUT2D eigenvalue weighted by Crippen LogP contribution is -2.31. The smallest absolute Gasteiger partial charge is 0.266 e. The molecule has 182 valence electrons. The van der Waals surface area contributed by atoms with Crippen LogP contribution in [0.15, 0.2) is 88.9 Å². The standard InChI is InChI=1S/C29H27N3O3S/c1-3-35-26-11-7-4-8-20(26)18-27-28(33)32(17-16-21-19-30-25-10-6-5-9-24(21)25)29(36-27)31-22-12-14-23(34-2)15-13-22/h4-15,18-19,30H,3,16-17H2,1-2H3. The number of carbonyl (C=O) groups excluding carboxylic acids is 1. The molecule has 6 nitrogen and oxygen atoms in total. The highest BCUT2D eigenvalue weighted by Crippen LogP contribution is 2.36. The van der Waals surface area contributed by atoms with Gasteiger partial charge in [0.05, 0.1) is 24.3 Å². The largest absolute Gasteiger partial charge is 0.497 e. The van der Waals surface area contributed by atoms with Crippen LogP contribution in [0.1, 0.15) is 18.1 Å². The Bertz CT molecular complexity index is 1440. The average molecular weight is 498 g/mol. The first-order valence-electron chi connectivity index (χ1n) is 11.9. The van der Waals surface area contributed by atoms with E-state index in [2.05, 4.69) is 17.1 Å². The summed E-state index contributed by atoms with van der Waals surface area (Å²) in [5, 5.41) is 1.83. The van der Waals surface area contributed by atoms with Crippen molar-refractivity contribution in [2.75, 3.05) is 20.3 Å². The molecule has 1 saturated heterocycles. The Morgan fingerprint density at radius 1 is 1.03 bits per heavy atom. The van der Waals surface area contributed by atoms with Gasteiger partial charge in [-0.15, -0.1) is 0 Å². The van der Waals surface area contributed by atoms with Gasteiger partial charge in [-0.25, -0.2) is 4.99 Å². The molecule has 1 fully saturated rings. The molecule has 7 heteroatoms. The van der Waals surface area contributed by atoms with E-state index >= 15 is 0 Å². The van der Waals surface area contributed by atoms with Gasteiger partial charge in [0.15, 0.2) is 5.17 Å². The Hall–Kier alpha value is -3.97. The number of fused-ring (bicyclic) bond motifs is 1. The van der Waals surface area contributed by atoms with Gasteiger partial charge in [-0.05, 0) is 73.1 Å². The normalized spacial score (nSPS) is 15.8. The Morgan fingerprint density at radius 2 is 1.81 bits per heavy atom. The molecule has 0 radical (unpaired) electrons. The van der Waals surface area contributed by atoms with E-state index in [0.29, 0.717) is 29.6 Å². The quantitative estimate of drug-likeness (QED) is 0.285. The third-order valence-corrected chi connectivity index (χ3v) is 6.98. The van der Waals surface area contributed by atoms with E-state index in [-0.39, 0.29) is 5.91 Å². The van der Waals surface area contributed by atoms with Crippen LogP contribution in [0, 0.1) is 0 Å². The van der Waals surface area contributed by atoms with Crippen LogP contribution in [-0.4, -0.2) is 41.2 Å². The molecule has 0 spiro atoms. The number of H-pyrrole nitrogens is 1. The molecule has 0 unspecified atom stereocenters. The number of nitrogens with one attached hydrogen (secondary N) is 1. The molecular weight excluding hydrogens is 470 g/mol. The molecule has 1 amide bonds. The van der Waals surface area contributed by atoms with E-state index in [1.165, 1.54) is 22.7 Å². The van der Waals surface area contributed by atoms with Crippen LogP contribution in [0.25, 0.3) is 17.0 Å². The molecule has 1 aromatic heterocycles. The number of benzene rings is 3. The van der Waals surface area contributed by atoms with Crippen LogP contribution in [0.3, 0.4) is 0 Å². The van der Waals surface area contributed by atoms with E-state index in [9.17, 15) is 4.79 Å². The summed E-state index contributed by atoms with van der Waals surface area (Å²) < 4.78 is 11.0. The van der Waals surface area contributed by atoms with Crippen LogP contribution < -0.4 is 9.47 Å². The van der Waals surface area contributed by atoms with Gasteiger partial charge >= 0.3 is 0 Å². The zero-order valence-electron chi connectivity index (χ0n) is 20.2. The van der Waals surface area contributed by atoms with Gasteiger partial charge in [-0.3, -0.25) is 9.69 Å². The number of methoxy groups -OCH3 is 1. The number of aliphatic imine (C=N–C) groups is 1. The molecule has 36 heavy (non-hydrogen) atoms. The van der Waals surface area contributed by atoms with Gasteiger partial charge in [0.2, 0.25) is 0 Å². The number of amides is 1. The summed E-state index contributed by atoms with van der Waals surface area (Å²) in [6.45, 7) is 3.03. The SMILES string of the molecule is CCOc1ccccc1C=C1SC(=Nc2ccc(OC)cc2)N(CCc2c[nH]c3ccccc23)C1=O. The topological polar surface area (TPSA) is 66.9 Å². The number of hydrogen-bond acceptors (Lipinski definition) is 5. The summed E-state index contributed by atoms with van der Waals surface area (Å²) >= 11 is 1.39. The van der Waals surface area contributed by atoms with E-state index in [0.717, 1.165) is 28.3 Å². The number of amidine groups is 1. The summed E-state index contributed by atoms with van der Waals surface area (Å²) in [7, 11) is 1.63. The second-order valence-electron chi connectivity index (χ2n) is 8.24. The number of aromatic amines is 1. The molecule has 0 saturated carbocycles. The fourth-order valence-corrected chi connectivity index (χ4v) is 5.17. The number of aromatic nitrogens is 1. The molecule has 1 aliphatic heterocycles. The Labute approximate surface area is 214 Å². The van der Waals surface area contributed by atoms with Crippen molar-refractivity contribution in [1.29, 1.82) is 0 Å². The number of para-hydroxylation sites is 2. The zero-order chi connectivity index (χ0) is 24.9. The maximum absolute atomic E-state index is 13.6. The lowest BCUT2D eigenvalue weighted by molar-refractivity contribution is -0.122. The summed E-state index contributed by atoms with van der Waals surface area (Å²) in [6, 6.07) is 23.5. The van der Waals surface area contributed by atoms with Crippen molar-refractivity contribution in [2.45, 2.75) is 13.3 Å². The van der Waals surface area contributed by atoms with Crippen molar-refractivity contribution < 1.29 is 14.3 Å². The molecule has 1 aliphatic rings. The van der Waals surface area contributed by atoms with Gasteiger partial charge in [0.1, 0.15) is 11.5 Å². The van der Waals surface area contributed by atoms with Crippen molar-refractivity contribution in [2.24, 2.45) is 4.99 Å². The van der Waals surface area contributed by atoms with E-state index in [4.69, 9.17) is 14.5 Å². The van der Waals surface area contributed by atoms with Crippen molar-refractivity contribution in [1.82, 2.24) is 9.88 Å². The zero-order valence-corrected chi connectivity index (χ0v) is 21.0. The minimum atomic E-state index is -0.0570. The number of hydrogen-bond donors (Lipinski definition) is 1. The highest BCUT2D eigenvalue weighted by atomic mass is 32.2. The Balaban J connectivity index is 1.46. The van der Waals surface area contributed by atoms with Gasteiger partial charge in [0, 0.05) is 29.2 Å². The van der Waals surface area contributed by atoms with Gasteiger partial charge in [0.25, 0.3) is 5.91 Å². The molecule has 4 aromatic rings. The first-order valence-corrected chi connectivity index (χ1v) is 12.7. The maximum Gasteiger partial charge on any atom is 0.266 e. The van der Waals surface area contributed by atoms with E-state index in [1.807, 2.05) is 79.9 Å². The van der Waals surface area contributed by atoms with Crippen LogP contribution in [0.4, 0.5) is 5.69 Å². The minimum absolute atomic E-state index is 0.0570. The molecule has 5 rings (SSSR count). The van der Waals surface area contributed by atoms with Crippen molar-refractivity contribution >= 4 is 45.5 Å². The monoisotopic (exact) mass is 497 g/mol. The first-order chi connectivity index (χ1) is 17.7. The average Bonchev–Trinajstić information content (AvgIpc) is 3.45. The lowest BCUT2D eigenvalue weighted by atomic mass is 10.1. The van der Waals surface area contributed by atoms with Crippen molar-refractivity contribution in [3.8, 4) is 11.5 Å². The molecule has 0 bridgehead atoms. The minimum Gasteiger partial charge on any atom is -0.497 e. The molecule has 0 aliphatic carbocycles. The first kappa shape index (κ1) is 23.8. The van der Waals surface area contributed by atoms with Crippen molar-refractivity contribution in [3.63, 3.8) is 0 Å². The van der Waals surface area contributed by atoms with E-state index in [1.54, 1.807) is 12.0 Å². The van der Waals surface area contributed by atoms with Crippen LogP contribution in [0.2, 0.25) is 0 Å². The second kappa shape index (κ2) is 10.7. The van der Waals surface area contributed by atoms with Crippen LogP contribution in [-0.2, 0) is 11.2 Å².